The van der Waals surface area contributed by atoms with Gasteiger partial charge in [-0.3, -0.25) is 0 Å². The molecule has 0 radical (unpaired) electrons. The molecule has 9 heteroatoms. The third kappa shape index (κ3) is 5.03. The number of aryl methyl sites for hydroxylation is 2. The van der Waals surface area contributed by atoms with Gasteiger partial charge in [-0.1, -0.05) is 77.8 Å². The third-order valence-electron chi connectivity index (χ3n) is 9.31. The van der Waals surface area contributed by atoms with Gasteiger partial charge in [0.05, 0.1) is 0 Å². The first-order chi connectivity index (χ1) is 20.9. The van der Waals surface area contributed by atoms with Gasteiger partial charge in [-0.05, 0) is 65.9 Å². The molecule has 5 rings (SSSR count). The zero-order valence-corrected chi connectivity index (χ0v) is 29.1. The number of hydrogen-bond donors (Lipinski definition) is 0. The van der Waals surface area contributed by atoms with Crippen LogP contribution < -0.4 is 0 Å². The van der Waals surface area contributed by atoms with E-state index in [1.807, 2.05) is 18.2 Å². The van der Waals surface area contributed by atoms with Crippen molar-refractivity contribution in [3.8, 4) is 21.9 Å². The summed E-state index contributed by atoms with van der Waals surface area (Å²) in [7, 11) is -2.02. The van der Waals surface area contributed by atoms with Crippen LogP contribution in [0, 0.1) is 25.3 Å². The van der Waals surface area contributed by atoms with E-state index in [1.54, 1.807) is 24.3 Å². The van der Waals surface area contributed by atoms with E-state index in [2.05, 4.69) is 53.0 Å². The first-order valence-corrected chi connectivity index (χ1v) is 18.9. The number of halogens is 6. The number of benzene rings is 2. The predicted octanol–water partition coefficient (Wildman–Crippen LogP) is 12.6. The summed E-state index contributed by atoms with van der Waals surface area (Å²) >= 11 is 2.23. The highest BCUT2D eigenvalue weighted by Crippen LogP contribution is 2.66. The number of fused-ring (bicyclic) bond motifs is 1. The minimum atomic E-state index is -5.61. The van der Waals surface area contributed by atoms with Crippen molar-refractivity contribution in [2.45, 2.75) is 89.8 Å². The van der Waals surface area contributed by atoms with Gasteiger partial charge in [-0.15, -0.1) is 28.2 Å². The van der Waals surface area contributed by atoms with Crippen LogP contribution in [0.4, 0.5) is 26.3 Å². The monoisotopic (exact) mass is 674 g/mol. The number of hydrogen-bond acceptors (Lipinski definition) is 2. The molecule has 0 saturated heterocycles. The molecule has 2 aromatic heterocycles. The van der Waals surface area contributed by atoms with E-state index in [1.165, 1.54) is 26.0 Å². The quantitative estimate of drug-likeness (QED) is 0.108. The maximum atomic E-state index is 15.7. The summed E-state index contributed by atoms with van der Waals surface area (Å²) in [6.07, 6.45) is 0. The van der Waals surface area contributed by atoms with Crippen molar-refractivity contribution < 1.29 is 26.3 Å². The Bertz CT molecular complexity index is 1840. The van der Waals surface area contributed by atoms with E-state index in [-0.39, 0.29) is 26.3 Å². The Labute approximate surface area is 270 Å². The highest BCUT2D eigenvalue weighted by atomic mass is 32.1. The molecule has 45 heavy (non-hydrogen) atoms. The van der Waals surface area contributed by atoms with Crippen molar-refractivity contribution in [2.75, 3.05) is 0 Å². The summed E-state index contributed by atoms with van der Waals surface area (Å²) in [5.74, 6) is -12.4. The molecule has 1 aliphatic carbocycles. The van der Waals surface area contributed by atoms with Gasteiger partial charge in [-0.25, -0.2) is 0 Å². The molecule has 0 bridgehead atoms. The van der Waals surface area contributed by atoms with Gasteiger partial charge in [-0.2, -0.15) is 26.3 Å². The molecule has 0 fully saturated rings. The summed E-state index contributed by atoms with van der Waals surface area (Å²) in [5.41, 5.74) is 3.27. The van der Waals surface area contributed by atoms with Gasteiger partial charge in [0.1, 0.15) is 8.07 Å². The average molecular weight is 675 g/mol. The molecule has 0 nitrogen and oxygen atoms in total. The Morgan fingerprint density at radius 3 is 1.91 bits per heavy atom. The molecule has 238 valence electrons. The van der Waals surface area contributed by atoms with Crippen molar-refractivity contribution in [1.82, 2.24) is 0 Å². The fourth-order valence-corrected chi connectivity index (χ4v) is 14.4. The van der Waals surface area contributed by atoms with Gasteiger partial charge >= 0.3 is 17.8 Å². The molecule has 1 aliphatic rings. The largest absolute Gasteiger partial charge is 0.380 e. The van der Waals surface area contributed by atoms with Crippen LogP contribution in [0.5, 0.6) is 0 Å². The molecule has 2 heterocycles. The minimum Gasteiger partial charge on any atom is -0.194 e. The van der Waals surface area contributed by atoms with Crippen molar-refractivity contribution in [2.24, 2.45) is 0 Å². The summed E-state index contributed by atoms with van der Waals surface area (Å²) in [6, 6.07) is 15.2. The lowest BCUT2D eigenvalue weighted by Crippen LogP contribution is -2.48. The molecular formula is C36H36F6S2Si. The fraction of sp³-hybridized carbons (Fsp3) is 0.389. The molecule has 0 saturated carbocycles. The van der Waals surface area contributed by atoms with E-state index >= 15 is 26.3 Å². The molecule has 4 aromatic rings. The molecule has 0 unspecified atom stereocenters. The van der Waals surface area contributed by atoms with Crippen molar-refractivity contribution >= 4 is 52.0 Å². The predicted molar refractivity (Wildman–Crippen MR) is 181 cm³/mol. The van der Waals surface area contributed by atoms with Gasteiger partial charge in [0.25, 0.3) is 0 Å². The van der Waals surface area contributed by atoms with Gasteiger partial charge in [0, 0.05) is 47.0 Å². The molecule has 0 atom stereocenters. The van der Waals surface area contributed by atoms with E-state index in [9.17, 15) is 0 Å². The minimum absolute atomic E-state index is 0.245. The van der Waals surface area contributed by atoms with E-state index < -0.39 is 37.0 Å². The first kappa shape index (κ1) is 33.6. The maximum absolute atomic E-state index is 15.7. The molecule has 0 aliphatic heterocycles. The Hall–Kier alpha value is -2.80. The summed E-state index contributed by atoms with van der Waals surface area (Å²) in [5, 5.41) is 0.254. The zero-order chi connectivity index (χ0) is 33.3. The lowest BCUT2D eigenvalue weighted by molar-refractivity contribution is -0.254. The van der Waals surface area contributed by atoms with E-state index in [0.29, 0.717) is 31.8 Å². The van der Waals surface area contributed by atoms with Crippen molar-refractivity contribution in [3.63, 3.8) is 0 Å². The van der Waals surface area contributed by atoms with Crippen LogP contribution in [0.15, 0.2) is 54.6 Å². The normalized spacial score (nSPS) is 17.5. The highest BCUT2D eigenvalue weighted by Gasteiger charge is 2.80. The first-order valence-electron chi connectivity index (χ1n) is 15.0. The van der Waals surface area contributed by atoms with Gasteiger partial charge in [0.2, 0.25) is 0 Å². The molecular weight excluding hydrogens is 639 g/mol. The molecule has 0 N–H and O–H groups in total. The highest BCUT2D eigenvalue weighted by molar-refractivity contribution is 7.19. The number of allylic oxidation sites excluding steroid dienone is 2. The number of rotatable bonds is 6. The smallest absolute Gasteiger partial charge is 0.194 e. The second-order valence-electron chi connectivity index (χ2n) is 12.8. The van der Waals surface area contributed by atoms with Gasteiger partial charge < -0.3 is 0 Å². The Morgan fingerprint density at radius 1 is 0.689 bits per heavy atom. The van der Waals surface area contributed by atoms with Crippen LogP contribution in [0.2, 0.25) is 16.6 Å². The average Bonchev–Trinajstić information content (AvgIpc) is 3.52. The third-order valence-corrected chi connectivity index (χ3v) is 17.8. The SMILES string of the molecule is Cc1sc(-c2cccc(C#C[Si](C(C)C)(C(C)C)C(C)C)c2)cc1C1=C(c2c(C)sc3ccccc23)C(F)(F)C(F)(F)C1(F)F. The second kappa shape index (κ2) is 11.5. The lowest BCUT2D eigenvalue weighted by atomic mass is 9.93. The fourth-order valence-electron chi connectivity index (χ4n) is 7.13. The Balaban J connectivity index is 1.69. The van der Waals surface area contributed by atoms with Crippen LogP contribution in [0.3, 0.4) is 0 Å². The maximum Gasteiger partial charge on any atom is 0.380 e. The van der Waals surface area contributed by atoms with Crippen LogP contribution in [-0.4, -0.2) is 25.8 Å². The van der Waals surface area contributed by atoms with Gasteiger partial charge in [0.15, 0.2) is 0 Å². The van der Waals surface area contributed by atoms with Crippen LogP contribution in [-0.2, 0) is 0 Å². The van der Waals surface area contributed by atoms with Crippen LogP contribution in [0.1, 0.15) is 68.0 Å². The summed E-state index contributed by atoms with van der Waals surface area (Å²) < 4.78 is 93.6. The van der Waals surface area contributed by atoms with Crippen molar-refractivity contribution in [1.29, 1.82) is 0 Å². The molecule has 2 aromatic carbocycles. The van der Waals surface area contributed by atoms with E-state index in [4.69, 9.17) is 0 Å². The Morgan fingerprint density at radius 2 is 1.29 bits per heavy atom. The lowest BCUT2D eigenvalue weighted by Gasteiger charge is -2.38. The molecule has 0 amide bonds. The van der Waals surface area contributed by atoms with Crippen LogP contribution in [0.25, 0.3) is 31.7 Å². The van der Waals surface area contributed by atoms with E-state index in [0.717, 1.165) is 28.2 Å². The van der Waals surface area contributed by atoms with Crippen LogP contribution >= 0.6 is 22.7 Å². The topological polar surface area (TPSA) is 0 Å². The number of alkyl halides is 6. The zero-order valence-electron chi connectivity index (χ0n) is 26.5. The number of thiophene rings is 2. The summed E-state index contributed by atoms with van der Waals surface area (Å²) in [4.78, 5) is 1.05. The van der Waals surface area contributed by atoms with Crippen molar-refractivity contribution in [3.05, 3.63) is 81.0 Å². The Kier molecular flexibility index (Phi) is 8.55. The standard InChI is InChI=1S/C36H36F6S2Si/c1-20(2)45(21(3)4,22(5)6)17-16-25-12-11-13-26(18-25)30-19-28(23(7)43-30)32-33(35(39,40)36(41,42)34(32,37)38)31-24(8)44-29-15-10-9-14-27(29)31/h9-15,18-22H,1-8H3. The molecule has 0 spiro atoms. The second-order valence-corrected chi connectivity index (χ2v) is 20.9. The summed E-state index contributed by atoms with van der Waals surface area (Å²) in [6.45, 7) is 16.4.